The molecule has 0 spiro atoms. The number of benzene rings is 1. The molecule has 94 valence electrons. The molecule has 3 nitrogen and oxygen atoms in total. The van der Waals surface area contributed by atoms with Crippen molar-refractivity contribution >= 4 is 22.4 Å². The van der Waals surface area contributed by atoms with Gasteiger partial charge in [-0.1, -0.05) is 26.8 Å². The summed E-state index contributed by atoms with van der Waals surface area (Å²) in [6, 6.07) is 6.33. The molecular formula is C14H17N3S. The van der Waals surface area contributed by atoms with Gasteiger partial charge in [-0.05, 0) is 24.1 Å². The van der Waals surface area contributed by atoms with Crippen molar-refractivity contribution in [3.05, 3.63) is 35.3 Å². The maximum Gasteiger partial charge on any atom is 0.167 e. The summed E-state index contributed by atoms with van der Waals surface area (Å²) in [6.07, 6.45) is 2.84. The molecule has 0 saturated heterocycles. The molecule has 0 aliphatic carbocycles. The SMILES string of the molecule is CC.CCc1ccc2nc(-c3nccs3)[nH]c2c1. The van der Waals surface area contributed by atoms with Gasteiger partial charge in [0, 0.05) is 11.6 Å². The van der Waals surface area contributed by atoms with Crippen molar-refractivity contribution in [2.45, 2.75) is 27.2 Å². The van der Waals surface area contributed by atoms with Crippen LogP contribution in [0, 0.1) is 0 Å². The summed E-state index contributed by atoms with van der Waals surface area (Å²) >= 11 is 1.60. The smallest absolute Gasteiger partial charge is 0.167 e. The van der Waals surface area contributed by atoms with Crippen LogP contribution in [0.5, 0.6) is 0 Å². The quantitative estimate of drug-likeness (QED) is 0.746. The largest absolute Gasteiger partial charge is 0.336 e. The fourth-order valence-corrected chi connectivity index (χ4v) is 2.30. The van der Waals surface area contributed by atoms with E-state index in [0.29, 0.717) is 0 Å². The van der Waals surface area contributed by atoms with Gasteiger partial charge in [0.1, 0.15) is 0 Å². The van der Waals surface area contributed by atoms with Gasteiger partial charge in [0.25, 0.3) is 0 Å². The van der Waals surface area contributed by atoms with Gasteiger partial charge in [0.15, 0.2) is 10.8 Å². The van der Waals surface area contributed by atoms with E-state index in [1.165, 1.54) is 5.56 Å². The van der Waals surface area contributed by atoms with Crippen molar-refractivity contribution in [2.24, 2.45) is 0 Å². The first-order valence-corrected chi connectivity index (χ1v) is 7.13. The van der Waals surface area contributed by atoms with E-state index in [2.05, 4.69) is 40.1 Å². The molecule has 0 fully saturated rings. The molecular weight excluding hydrogens is 242 g/mol. The van der Waals surface area contributed by atoms with Crippen molar-refractivity contribution in [2.75, 3.05) is 0 Å². The topological polar surface area (TPSA) is 41.6 Å². The zero-order chi connectivity index (χ0) is 13.0. The summed E-state index contributed by atoms with van der Waals surface area (Å²) in [5.74, 6) is 0.859. The number of nitrogens with zero attached hydrogens (tertiary/aromatic N) is 2. The Hall–Kier alpha value is -1.68. The first-order valence-electron chi connectivity index (χ1n) is 6.25. The predicted octanol–water partition coefficient (Wildman–Crippen LogP) is 4.28. The van der Waals surface area contributed by atoms with Crippen LogP contribution in [0.2, 0.25) is 0 Å². The number of fused-ring (bicyclic) bond motifs is 1. The van der Waals surface area contributed by atoms with Gasteiger partial charge in [-0.3, -0.25) is 0 Å². The predicted molar refractivity (Wildman–Crippen MR) is 77.9 cm³/mol. The van der Waals surface area contributed by atoms with E-state index < -0.39 is 0 Å². The van der Waals surface area contributed by atoms with Crippen LogP contribution in [0.4, 0.5) is 0 Å². The maximum atomic E-state index is 4.52. The van der Waals surface area contributed by atoms with E-state index in [4.69, 9.17) is 0 Å². The highest BCUT2D eigenvalue weighted by atomic mass is 32.1. The molecule has 4 heteroatoms. The molecule has 3 aromatic rings. The first-order chi connectivity index (χ1) is 8.86. The summed E-state index contributed by atoms with van der Waals surface area (Å²) in [5.41, 5.74) is 3.41. The number of aromatic amines is 1. The van der Waals surface area contributed by atoms with E-state index in [9.17, 15) is 0 Å². The van der Waals surface area contributed by atoms with E-state index in [0.717, 1.165) is 28.3 Å². The minimum atomic E-state index is 0.859. The Morgan fingerprint density at radius 1 is 1.28 bits per heavy atom. The van der Waals surface area contributed by atoms with E-state index in [-0.39, 0.29) is 0 Å². The molecule has 0 atom stereocenters. The summed E-state index contributed by atoms with van der Waals surface area (Å²) in [4.78, 5) is 12.1. The van der Waals surface area contributed by atoms with Crippen LogP contribution in [0.15, 0.2) is 29.8 Å². The molecule has 0 unspecified atom stereocenters. The number of rotatable bonds is 2. The second-order valence-electron chi connectivity index (χ2n) is 3.63. The summed E-state index contributed by atoms with van der Waals surface area (Å²) in [7, 11) is 0. The van der Waals surface area contributed by atoms with Crippen molar-refractivity contribution in [3.8, 4) is 10.8 Å². The Morgan fingerprint density at radius 3 is 2.78 bits per heavy atom. The normalized spacial score (nSPS) is 10.2. The van der Waals surface area contributed by atoms with Gasteiger partial charge >= 0.3 is 0 Å². The van der Waals surface area contributed by atoms with E-state index in [1.54, 1.807) is 17.5 Å². The lowest BCUT2D eigenvalue weighted by molar-refractivity contribution is 1.14. The number of aryl methyl sites for hydroxylation is 1. The van der Waals surface area contributed by atoms with Crippen molar-refractivity contribution in [3.63, 3.8) is 0 Å². The van der Waals surface area contributed by atoms with Crippen LogP contribution < -0.4 is 0 Å². The van der Waals surface area contributed by atoms with Crippen LogP contribution in [0.1, 0.15) is 26.3 Å². The van der Waals surface area contributed by atoms with Gasteiger partial charge in [-0.2, -0.15) is 0 Å². The molecule has 0 aliphatic heterocycles. The molecule has 2 heterocycles. The summed E-state index contributed by atoms with van der Waals surface area (Å²) < 4.78 is 0. The Balaban J connectivity index is 0.000000574. The Morgan fingerprint density at radius 2 is 2.11 bits per heavy atom. The van der Waals surface area contributed by atoms with E-state index >= 15 is 0 Å². The lowest BCUT2D eigenvalue weighted by Crippen LogP contribution is -1.78. The number of thiazole rings is 1. The molecule has 0 amide bonds. The third-order valence-electron chi connectivity index (χ3n) is 2.59. The molecule has 1 N–H and O–H groups in total. The molecule has 0 bridgehead atoms. The average Bonchev–Trinajstić information content (AvgIpc) is 3.08. The Labute approximate surface area is 111 Å². The van der Waals surface area contributed by atoms with Crippen molar-refractivity contribution < 1.29 is 0 Å². The molecule has 1 aromatic carbocycles. The molecule has 0 radical (unpaired) electrons. The lowest BCUT2D eigenvalue weighted by Gasteiger charge is -1.93. The monoisotopic (exact) mass is 259 g/mol. The molecule has 2 aromatic heterocycles. The van der Waals surface area contributed by atoms with Crippen LogP contribution in [-0.2, 0) is 6.42 Å². The summed E-state index contributed by atoms with van der Waals surface area (Å²) in [5, 5.41) is 2.90. The average molecular weight is 259 g/mol. The maximum absolute atomic E-state index is 4.52. The number of imidazole rings is 1. The molecule has 0 aliphatic rings. The minimum absolute atomic E-state index is 0.859. The second kappa shape index (κ2) is 5.78. The van der Waals surface area contributed by atoms with Crippen molar-refractivity contribution in [1.29, 1.82) is 0 Å². The number of hydrogen-bond donors (Lipinski definition) is 1. The standard InChI is InChI=1S/C12H11N3S.C2H6/c1-2-8-3-4-9-10(7-8)15-11(14-9)12-13-5-6-16-12;1-2/h3-7H,2H2,1H3,(H,14,15);1-2H3. The van der Waals surface area contributed by atoms with Crippen molar-refractivity contribution in [1.82, 2.24) is 15.0 Å². The van der Waals surface area contributed by atoms with Crippen LogP contribution in [-0.4, -0.2) is 15.0 Å². The van der Waals surface area contributed by atoms with Crippen LogP contribution >= 0.6 is 11.3 Å². The number of H-pyrrole nitrogens is 1. The van der Waals surface area contributed by atoms with E-state index in [1.807, 2.05) is 19.2 Å². The molecule has 3 rings (SSSR count). The third-order valence-corrected chi connectivity index (χ3v) is 3.37. The lowest BCUT2D eigenvalue weighted by atomic mass is 10.1. The highest BCUT2D eigenvalue weighted by molar-refractivity contribution is 7.13. The number of aromatic nitrogens is 3. The Kier molecular flexibility index (Phi) is 4.10. The minimum Gasteiger partial charge on any atom is -0.336 e. The Bertz CT molecular complexity index is 611. The molecule has 0 saturated carbocycles. The zero-order valence-corrected chi connectivity index (χ0v) is 11.7. The van der Waals surface area contributed by atoms with Gasteiger partial charge < -0.3 is 4.98 Å². The van der Waals surface area contributed by atoms with Gasteiger partial charge in [0.2, 0.25) is 0 Å². The molecule has 18 heavy (non-hydrogen) atoms. The van der Waals surface area contributed by atoms with Crippen LogP contribution in [0.25, 0.3) is 21.9 Å². The van der Waals surface area contributed by atoms with Crippen LogP contribution in [0.3, 0.4) is 0 Å². The number of nitrogens with one attached hydrogen (secondary N) is 1. The number of hydrogen-bond acceptors (Lipinski definition) is 3. The summed E-state index contributed by atoms with van der Waals surface area (Å²) in [6.45, 7) is 6.15. The fraction of sp³-hybridized carbons (Fsp3) is 0.286. The fourth-order valence-electron chi connectivity index (χ4n) is 1.72. The first kappa shape index (κ1) is 12.8. The highest BCUT2D eigenvalue weighted by Gasteiger charge is 2.07. The van der Waals surface area contributed by atoms with Gasteiger partial charge in [-0.15, -0.1) is 11.3 Å². The third kappa shape index (κ3) is 2.43. The zero-order valence-electron chi connectivity index (χ0n) is 10.9. The highest BCUT2D eigenvalue weighted by Crippen LogP contribution is 2.22. The van der Waals surface area contributed by atoms with Gasteiger partial charge in [0.05, 0.1) is 11.0 Å². The van der Waals surface area contributed by atoms with Gasteiger partial charge in [-0.25, -0.2) is 9.97 Å². The second-order valence-corrected chi connectivity index (χ2v) is 4.52.